The number of hydrogen-bond acceptors (Lipinski definition) is 3. The number of alkyl halides is 2. The second-order valence-electron chi connectivity index (χ2n) is 3.21. The molecule has 0 saturated heterocycles. The molecule has 0 aliphatic heterocycles. The van der Waals surface area contributed by atoms with Gasteiger partial charge in [0.15, 0.2) is 0 Å². The van der Waals surface area contributed by atoms with Gasteiger partial charge in [-0.1, -0.05) is 0 Å². The van der Waals surface area contributed by atoms with Gasteiger partial charge in [-0.25, -0.2) is 26.3 Å². The molecule has 4 nitrogen and oxygen atoms in total. The van der Waals surface area contributed by atoms with E-state index >= 15 is 0 Å². The first-order valence-electron chi connectivity index (χ1n) is 4.54. The molecule has 0 aliphatic rings. The van der Waals surface area contributed by atoms with Gasteiger partial charge in [-0.3, -0.25) is 0 Å². The Morgan fingerprint density at radius 1 is 1.24 bits per heavy atom. The molecule has 1 atom stereocenters. The zero-order valence-corrected chi connectivity index (χ0v) is 9.29. The molecule has 1 aromatic carbocycles. The van der Waals surface area contributed by atoms with E-state index in [9.17, 15) is 21.6 Å². The van der Waals surface area contributed by atoms with Crippen LogP contribution in [0.1, 0.15) is 0 Å². The van der Waals surface area contributed by atoms with Crippen molar-refractivity contribution in [3.8, 4) is 0 Å². The van der Waals surface area contributed by atoms with Crippen LogP contribution in [0.4, 0.5) is 13.2 Å². The summed E-state index contributed by atoms with van der Waals surface area (Å²) in [6.45, 7) is -0.808. The standard InChI is InChI=1S/C9H10F3NO3S/c10-6-1-3-7(4-2-6)17(15,16)13-5-8(14)9(11)12/h1-4,8-9,13-14H,5H2. The molecule has 0 saturated carbocycles. The van der Waals surface area contributed by atoms with Crippen LogP contribution < -0.4 is 4.72 Å². The van der Waals surface area contributed by atoms with E-state index in [1.165, 1.54) is 0 Å². The molecular formula is C9H10F3NO3S. The lowest BCUT2D eigenvalue weighted by atomic mass is 10.4. The normalized spacial score (nSPS) is 13.9. The molecule has 0 bridgehead atoms. The van der Waals surface area contributed by atoms with Crippen LogP contribution in [0.15, 0.2) is 29.2 Å². The van der Waals surface area contributed by atoms with Gasteiger partial charge in [-0.15, -0.1) is 0 Å². The Bertz CT molecular complexity index is 461. The molecule has 17 heavy (non-hydrogen) atoms. The molecule has 2 N–H and O–H groups in total. The summed E-state index contributed by atoms with van der Waals surface area (Å²) in [5.74, 6) is -0.614. The third-order valence-electron chi connectivity index (χ3n) is 1.90. The van der Waals surface area contributed by atoms with E-state index in [1.54, 1.807) is 4.72 Å². The number of aliphatic hydroxyl groups excluding tert-OH is 1. The zero-order valence-electron chi connectivity index (χ0n) is 8.48. The number of benzene rings is 1. The van der Waals surface area contributed by atoms with E-state index in [1.807, 2.05) is 0 Å². The summed E-state index contributed by atoms with van der Waals surface area (Å²) < 4.78 is 61.1. The van der Waals surface area contributed by atoms with Crippen molar-refractivity contribution in [2.24, 2.45) is 0 Å². The third-order valence-corrected chi connectivity index (χ3v) is 3.34. The van der Waals surface area contributed by atoms with Crippen LogP contribution in [0, 0.1) is 5.82 Å². The minimum absolute atomic E-state index is 0.264. The Balaban J connectivity index is 2.72. The molecule has 96 valence electrons. The van der Waals surface area contributed by atoms with Crippen molar-refractivity contribution in [2.45, 2.75) is 17.4 Å². The maximum atomic E-state index is 12.5. The van der Waals surface area contributed by atoms with E-state index in [0.717, 1.165) is 24.3 Å². The fraction of sp³-hybridized carbons (Fsp3) is 0.333. The quantitative estimate of drug-likeness (QED) is 0.828. The second kappa shape index (κ2) is 5.48. The third kappa shape index (κ3) is 3.99. The predicted molar refractivity (Wildman–Crippen MR) is 53.6 cm³/mol. The maximum absolute atomic E-state index is 12.5. The van der Waals surface area contributed by atoms with E-state index in [4.69, 9.17) is 5.11 Å². The summed E-state index contributed by atoms with van der Waals surface area (Å²) in [7, 11) is -4.02. The Morgan fingerprint density at radius 3 is 2.24 bits per heavy atom. The molecule has 8 heteroatoms. The van der Waals surface area contributed by atoms with Crippen molar-refractivity contribution in [3.05, 3.63) is 30.1 Å². The predicted octanol–water partition coefficient (Wildman–Crippen LogP) is 0.730. The van der Waals surface area contributed by atoms with Gasteiger partial charge in [-0.05, 0) is 24.3 Å². The van der Waals surface area contributed by atoms with E-state index in [-0.39, 0.29) is 4.90 Å². The fourth-order valence-corrected chi connectivity index (χ4v) is 2.03. The van der Waals surface area contributed by atoms with Gasteiger partial charge >= 0.3 is 0 Å². The Morgan fingerprint density at radius 2 is 1.76 bits per heavy atom. The number of sulfonamides is 1. The van der Waals surface area contributed by atoms with Crippen molar-refractivity contribution in [3.63, 3.8) is 0 Å². The number of aliphatic hydroxyl groups is 1. The average Bonchev–Trinajstić information content (AvgIpc) is 2.26. The van der Waals surface area contributed by atoms with Crippen LogP contribution in [-0.2, 0) is 10.0 Å². The lowest BCUT2D eigenvalue weighted by Crippen LogP contribution is -2.35. The number of nitrogens with one attached hydrogen (secondary N) is 1. The Labute approximate surface area is 96.1 Å². The minimum atomic E-state index is -4.02. The van der Waals surface area contributed by atoms with E-state index in [0.29, 0.717) is 0 Å². The van der Waals surface area contributed by atoms with Crippen molar-refractivity contribution in [1.82, 2.24) is 4.72 Å². The number of hydrogen-bond donors (Lipinski definition) is 2. The highest BCUT2D eigenvalue weighted by molar-refractivity contribution is 7.89. The van der Waals surface area contributed by atoms with E-state index < -0.39 is 34.9 Å². The minimum Gasteiger partial charge on any atom is -0.386 e. The highest BCUT2D eigenvalue weighted by Crippen LogP contribution is 2.10. The maximum Gasteiger partial charge on any atom is 0.265 e. The summed E-state index contributed by atoms with van der Waals surface area (Å²) in [6, 6.07) is 3.84. The van der Waals surface area contributed by atoms with Gasteiger partial charge in [0, 0.05) is 6.54 Å². The molecule has 1 aromatic rings. The highest BCUT2D eigenvalue weighted by Gasteiger charge is 2.21. The molecule has 1 unspecified atom stereocenters. The fourth-order valence-electron chi connectivity index (χ4n) is 0.981. The Kier molecular flexibility index (Phi) is 4.49. The molecule has 0 aliphatic carbocycles. The summed E-state index contributed by atoms with van der Waals surface area (Å²) in [5.41, 5.74) is 0. The first-order valence-corrected chi connectivity index (χ1v) is 6.02. The molecular weight excluding hydrogens is 259 g/mol. The molecule has 0 aromatic heterocycles. The van der Waals surface area contributed by atoms with Gasteiger partial charge in [0.2, 0.25) is 10.0 Å². The van der Waals surface area contributed by atoms with Gasteiger partial charge in [0.25, 0.3) is 6.43 Å². The van der Waals surface area contributed by atoms with Gasteiger partial charge in [-0.2, -0.15) is 0 Å². The molecule has 0 amide bonds. The van der Waals surface area contributed by atoms with Crippen molar-refractivity contribution < 1.29 is 26.7 Å². The van der Waals surface area contributed by atoms with Crippen LogP contribution in [-0.4, -0.2) is 32.6 Å². The van der Waals surface area contributed by atoms with Crippen LogP contribution in [0.25, 0.3) is 0 Å². The summed E-state index contributed by atoms with van der Waals surface area (Å²) in [5, 5.41) is 8.74. The van der Waals surface area contributed by atoms with Gasteiger partial charge in [0.1, 0.15) is 11.9 Å². The highest BCUT2D eigenvalue weighted by atomic mass is 32.2. The van der Waals surface area contributed by atoms with Crippen LogP contribution in [0.5, 0.6) is 0 Å². The topological polar surface area (TPSA) is 66.4 Å². The SMILES string of the molecule is O=S(=O)(NCC(O)C(F)F)c1ccc(F)cc1. The second-order valence-corrected chi connectivity index (χ2v) is 4.97. The monoisotopic (exact) mass is 269 g/mol. The summed E-state index contributed by atoms with van der Waals surface area (Å²) in [6.07, 6.45) is -5.11. The van der Waals surface area contributed by atoms with Crippen molar-refractivity contribution >= 4 is 10.0 Å². The molecule has 0 fully saturated rings. The van der Waals surface area contributed by atoms with Crippen molar-refractivity contribution in [1.29, 1.82) is 0 Å². The first kappa shape index (κ1) is 13.9. The van der Waals surface area contributed by atoms with Gasteiger partial charge < -0.3 is 5.11 Å². The molecule has 0 heterocycles. The number of halogens is 3. The smallest absolute Gasteiger partial charge is 0.265 e. The average molecular weight is 269 g/mol. The zero-order chi connectivity index (χ0) is 13.1. The summed E-state index contributed by atoms with van der Waals surface area (Å²) in [4.78, 5) is -0.264. The van der Waals surface area contributed by atoms with Crippen molar-refractivity contribution in [2.75, 3.05) is 6.54 Å². The first-order chi connectivity index (χ1) is 7.83. The number of rotatable bonds is 5. The van der Waals surface area contributed by atoms with Crippen LogP contribution in [0.3, 0.4) is 0 Å². The molecule has 0 spiro atoms. The largest absolute Gasteiger partial charge is 0.386 e. The van der Waals surface area contributed by atoms with E-state index in [2.05, 4.69) is 0 Å². The lowest BCUT2D eigenvalue weighted by molar-refractivity contribution is -0.000451. The molecule has 0 radical (unpaired) electrons. The van der Waals surface area contributed by atoms with Gasteiger partial charge in [0.05, 0.1) is 4.90 Å². The summed E-state index contributed by atoms with van der Waals surface area (Å²) >= 11 is 0. The van der Waals surface area contributed by atoms with Crippen LogP contribution >= 0.6 is 0 Å². The Hall–Kier alpha value is -1.12. The lowest BCUT2D eigenvalue weighted by Gasteiger charge is -2.11. The molecule has 1 rings (SSSR count). The van der Waals surface area contributed by atoms with Crippen LogP contribution in [0.2, 0.25) is 0 Å².